The van der Waals surface area contributed by atoms with Gasteiger partial charge in [0.15, 0.2) is 0 Å². The van der Waals surface area contributed by atoms with E-state index >= 15 is 0 Å². The number of hydrogen-bond donors (Lipinski definition) is 2. The molecule has 0 aliphatic rings. The minimum Gasteiger partial charge on any atom is -0.417 e. The van der Waals surface area contributed by atoms with Crippen LogP contribution in [-0.4, -0.2) is 31.6 Å². The molecule has 23 heavy (non-hydrogen) atoms. The summed E-state index contributed by atoms with van der Waals surface area (Å²) >= 11 is 0. The lowest BCUT2D eigenvalue weighted by Crippen LogP contribution is -2.45. The predicted octanol–water partition coefficient (Wildman–Crippen LogP) is -0.764. The van der Waals surface area contributed by atoms with Crippen LogP contribution in [0.25, 0.3) is 0 Å². The highest BCUT2D eigenvalue weighted by molar-refractivity contribution is 5.91. The molecular formula is C13H16N6O4. The molecule has 3 N–H and O–H groups in total. The number of aryl methyl sites for hydroxylation is 1. The maximum atomic E-state index is 12.1. The molecule has 0 aliphatic carbocycles. The fourth-order valence-electron chi connectivity index (χ4n) is 2.01. The summed E-state index contributed by atoms with van der Waals surface area (Å²) in [6.07, 6.45) is 0. The Bertz CT molecular complexity index is 835. The molecule has 0 fully saturated rings. The molecule has 0 saturated carbocycles. The van der Waals surface area contributed by atoms with Crippen LogP contribution in [0, 0.1) is 6.92 Å². The molecule has 122 valence electrons. The van der Waals surface area contributed by atoms with Crippen molar-refractivity contribution in [2.45, 2.75) is 26.3 Å². The Hall–Kier alpha value is -3.04. The molecule has 2 heterocycles. The predicted molar refractivity (Wildman–Crippen MR) is 77.5 cm³/mol. The van der Waals surface area contributed by atoms with E-state index < -0.39 is 22.9 Å². The maximum absolute atomic E-state index is 12.1. The lowest BCUT2D eigenvalue weighted by molar-refractivity contribution is 0.0869. The summed E-state index contributed by atoms with van der Waals surface area (Å²) in [6, 6.07) is 1.03. The third-order valence-corrected chi connectivity index (χ3v) is 3.09. The summed E-state index contributed by atoms with van der Waals surface area (Å²) < 4.78 is 6.26. The van der Waals surface area contributed by atoms with Gasteiger partial charge in [-0.3, -0.25) is 19.0 Å². The number of aromatic nitrogens is 4. The Labute approximate surface area is 130 Å². The lowest BCUT2D eigenvalue weighted by Gasteiger charge is -2.26. The highest BCUT2D eigenvalue weighted by Crippen LogP contribution is 2.17. The molecule has 2 amide bonds. The smallest absolute Gasteiger partial charge is 0.309 e. The summed E-state index contributed by atoms with van der Waals surface area (Å²) in [5.41, 5.74) is 3.42. The highest BCUT2D eigenvalue weighted by Gasteiger charge is 2.30. The number of carbonyl (C=O) groups excluding carboxylic acids is 2. The first-order valence-electron chi connectivity index (χ1n) is 6.63. The number of amides is 2. The molecule has 2 aromatic rings. The second-order valence-corrected chi connectivity index (χ2v) is 5.43. The van der Waals surface area contributed by atoms with Crippen LogP contribution in [-0.2, 0) is 12.6 Å². The lowest BCUT2D eigenvalue weighted by atomic mass is 10.0. The van der Waals surface area contributed by atoms with E-state index in [0.717, 1.165) is 6.07 Å². The van der Waals surface area contributed by atoms with Crippen molar-refractivity contribution in [2.75, 3.05) is 0 Å². The second kappa shape index (κ2) is 5.63. The number of carbonyl (C=O) groups is 2. The molecule has 2 aromatic heterocycles. The summed E-state index contributed by atoms with van der Waals surface area (Å²) in [4.78, 5) is 39.4. The van der Waals surface area contributed by atoms with Crippen molar-refractivity contribution in [3.8, 4) is 0 Å². The van der Waals surface area contributed by atoms with E-state index in [2.05, 4.69) is 20.5 Å². The first-order valence-corrected chi connectivity index (χ1v) is 6.63. The normalized spacial score (nSPS) is 11.3. The molecule has 0 aliphatic heterocycles. The van der Waals surface area contributed by atoms with Crippen LogP contribution in [0.3, 0.4) is 0 Å². The van der Waals surface area contributed by atoms with Gasteiger partial charge in [-0.05, 0) is 13.8 Å². The zero-order chi connectivity index (χ0) is 17.4. The van der Waals surface area contributed by atoms with Crippen molar-refractivity contribution < 1.29 is 14.0 Å². The monoisotopic (exact) mass is 320 g/mol. The third kappa shape index (κ3) is 3.25. The van der Waals surface area contributed by atoms with Crippen molar-refractivity contribution in [3.63, 3.8) is 0 Å². The van der Waals surface area contributed by atoms with E-state index in [9.17, 15) is 14.4 Å². The van der Waals surface area contributed by atoms with Gasteiger partial charge in [0.05, 0.1) is 5.54 Å². The van der Waals surface area contributed by atoms with E-state index in [-0.39, 0.29) is 23.3 Å². The average Bonchev–Trinajstić information content (AvgIpc) is 2.87. The number of nitrogens with zero attached hydrogens (tertiary/aromatic N) is 4. The van der Waals surface area contributed by atoms with Gasteiger partial charge in [0.2, 0.25) is 5.89 Å². The Kier molecular flexibility index (Phi) is 4.00. The van der Waals surface area contributed by atoms with Gasteiger partial charge in [-0.15, -0.1) is 10.2 Å². The van der Waals surface area contributed by atoms with E-state index in [1.807, 2.05) is 0 Å². The van der Waals surface area contributed by atoms with Gasteiger partial charge in [0, 0.05) is 20.0 Å². The van der Waals surface area contributed by atoms with Crippen molar-refractivity contribution >= 4 is 11.8 Å². The van der Waals surface area contributed by atoms with E-state index in [1.54, 1.807) is 20.8 Å². The van der Waals surface area contributed by atoms with Gasteiger partial charge >= 0.3 is 11.8 Å². The van der Waals surface area contributed by atoms with Crippen molar-refractivity contribution in [3.05, 3.63) is 39.7 Å². The zero-order valence-corrected chi connectivity index (χ0v) is 13.1. The standard InChI is InChI=1S/C13H16N6O4/c1-6-17-18-11(23-6)10(22)16-13(2,3)12-15-7(9(14)21)5-8(20)19(12)4/h5H,1-4H3,(H2,14,21)(H,16,22). The Morgan fingerprint density at radius 2 is 2.00 bits per heavy atom. The van der Waals surface area contributed by atoms with Crippen molar-refractivity contribution in [1.82, 2.24) is 25.1 Å². The zero-order valence-electron chi connectivity index (χ0n) is 13.1. The summed E-state index contributed by atoms with van der Waals surface area (Å²) in [7, 11) is 1.47. The van der Waals surface area contributed by atoms with Gasteiger partial charge in [-0.25, -0.2) is 4.98 Å². The fourth-order valence-corrected chi connectivity index (χ4v) is 2.01. The van der Waals surface area contributed by atoms with Crippen molar-refractivity contribution in [1.29, 1.82) is 0 Å². The number of nitrogens with one attached hydrogen (secondary N) is 1. The number of nitrogens with two attached hydrogens (primary N) is 1. The fraction of sp³-hybridized carbons (Fsp3) is 0.385. The van der Waals surface area contributed by atoms with Gasteiger partial charge in [0.25, 0.3) is 11.5 Å². The third-order valence-electron chi connectivity index (χ3n) is 3.09. The van der Waals surface area contributed by atoms with E-state index in [4.69, 9.17) is 10.2 Å². The first kappa shape index (κ1) is 16.3. The second-order valence-electron chi connectivity index (χ2n) is 5.43. The first-order chi connectivity index (χ1) is 10.6. The largest absolute Gasteiger partial charge is 0.417 e. The molecule has 0 radical (unpaired) electrons. The van der Waals surface area contributed by atoms with Crippen LogP contribution < -0.4 is 16.6 Å². The Morgan fingerprint density at radius 3 is 2.52 bits per heavy atom. The molecule has 0 atom stereocenters. The average molecular weight is 320 g/mol. The van der Waals surface area contributed by atoms with Crippen LogP contribution in [0.4, 0.5) is 0 Å². The molecule has 10 nitrogen and oxygen atoms in total. The van der Waals surface area contributed by atoms with Crippen LogP contribution in [0.2, 0.25) is 0 Å². The molecular weight excluding hydrogens is 304 g/mol. The van der Waals surface area contributed by atoms with E-state index in [1.165, 1.54) is 11.6 Å². The number of primary amides is 1. The van der Waals surface area contributed by atoms with Crippen LogP contribution in [0.5, 0.6) is 0 Å². The molecule has 0 aromatic carbocycles. The molecule has 10 heteroatoms. The van der Waals surface area contributed by atoms with Crippen molar-refractivity contribution in [2.24, 2.45) is 12.8 Å². The quantitative estimate of drug-likeness (QED) is 0.752. The van der Waals surface area contributed by atoms with Crippen LogP contribution >= 0.6 is 0 Å². The van der Waals surface area contributed by atoms with Crippen LogP contribution in [0.1, 0.15) is 46.7 Å². The molecule has 0 unspecified atom stereocenters. The molecule has 0 bridgehead atoms. The Balaban J connectivity index is 2.41. The molecule has 2 rings (SSSR count). The molecule has 0 saturated heterocycles. The highest BCUT2D eigenvalue weighted by atomic mass is 16.4. The maximum Gasteiger partial charge on any atom is 0.309 e. The number of hydrogen-bond acceptors (Lipinski definition) is 7. The summed E-state index contributed by atoms with van der Waals surface area (Å²) in [5.74, 6) is -1.28. The van der Waals surface area contributed by atoms with Gasteiger partial charge in [0.1, 0.15) is 11.5 Å². The number of rotatable bonds is 4. The summed E-state index contributed by atoms with van der Waals surface area (Å²) in [5, 5.41) is 9.81. The van der Waals surface area contributed by atoms with Gasteiger partial charge < -0.3 is 15.5 Å². The van der Waals surface area contributed by atoms with Crippen LogP contribution in [0.15, 0.2) is 15.3 Å². The Morgan fingerprint density at radius 1 is 1.35 bits per heavy atom. The minimum absolute atomic E-state index is 0.156. The van der Waals surface area contributed by atoms with Gasteiger partial charge in [-0.2, -0.15) is 0 Å². The SMILES string of the molecule is Cc1nnc(C(=O)NC(C)(C)c2nc(C(N)=O)cc(=O)n2C)o1. The van der Waals surface area contributed by atoms with E-state index in [0.29, 0.717) is 0 Å². The van der Waals surface area contributed by atoms with Gasteiger partial charge in [-0.1, -0.05) is 0 Å². The summed E-state index contributed by atoms with van der Waals surface area (Å²) in [6.45, 7) is 4.78. The molecule has 0 spiro atoms. The topological polar surface area (TPSA) is 146 Å². The minimum atomic E-state index is -1.10.